The molecule has 138 valence electrons. The average molecular weight is 368 g/mol. The topological polar surface area (TPSA) is 76.7 Å². The fourth-order valence-electron chi connectivity index (χ4n) is 2.03. The van der Waals surface area contributed by atoms with Gasteiger partial charge in [-0.3, -0.25) is 20.4 Å². The van der Waals surface area contributed by atoms with E-state index in [1.165, 1.54) is 32.4 Å². The molecular formula is C17H15F3N2O4. The summed E-state index contributed by atoms with van der Waals surface area (Å²) in [4.78, 5) is 24.1. The van der Waals surface area contributed by atoms with E-state index in [1.807, 2.05) is 0 Å². The van der Waals surface area contributed by atoms with Crippen LogP contribution in [0.4, 0.5) is 13.2 Å². The molecular weight excluding hydrogens is 353 g/mol. The molecule has 0 aromatic heterocycles. The molecule has 26 heavy (non-hydrogen) atoms. The third kappa shape index (κ3) is 4.65. The lowest BCUT2D eigenvalue weighted by Crippen LogP contribution is -2.41. The number of nitrogens with one attached hydrogen (secondary N) is 2. The van der Waals surface area contributed by atoms with Gasteiger partial charge in [-0.1, -0.05) is 6.07 Å². The zero-order valence-corrected chi connectivity index (χ0v) is 13.8. The first-order valence-electron chi connectivity index (χ1n) is 7.25. The lowest BCUT2D eigenvalue weighted by molar-refractivity contribution is -0.137. The molecule has 6 nitrogen and oxygen atoms in total. The van der Waals surface area contributed by atoms with Crippen LogP contribution in [0.1, 0.15) is 26.3 Å². The Kier molecular flexibility index (Phi) is 5.71. The van der Waals surface area contributed by atoms with E-state index >= 15 is 0 Å². The molecule has 0 fully saturated rings. The van der Waals surface area contributed by atoms with E-state index in [1.54, 1.807) is 6.07 Å². The summed E-state index contributed by atoms with van der Waals surface area (Å²) in [5, 5.41) is 0. The SMILES string of the molecule is COc1cc(OC)cc(C(=O)NNC(=O)c2cccc(C(F)(F)F)c2)c1. The number of hydrazine groups is 1. The third-order valence-electron chi connectivity index (χ3n) is 3.36. The molecule has 9 heteroatoms. The monoisotopic (exact) mass is 368 g/mol. The molecule has 0 saturated carbocycles. The van der Waals surface area contributed by atoms with Crippen molar-refractivity contribution in [2.24, 2.45) is 0 Å². The van der Waals surface area contributed by atoms with Crippen LogP contribution in [0.3, 0.4) is 0 Å². The van der Waals surface area contributed by atoms with Crippen molar-refractivity contribution in [3.05, 3.63) is 59.2 Å². The highest BCUT2D eigenvalue weighted by Crippen LogP contribution is 2.29. The highest BCUT2D eigenvalue weighted by atomic mass is 19.4. The Morgan fingerprint density at radius 1 is 0.846 bits per heavy atom. The molecule has 2 N–H and O–H groups in total. The van der Waals surface area contributed by atoms with Gasteiger partial charge < -0.3 is 9.47 Å². The first-order chi connectivity index (χ1) is 12.2. The zero-order chi connectivity index (χ0) is 19.3. The number of hydrogen-bond donors (Lipinski definition) is 2. The quantitative estimate of drug-likeness (QED) is 0.814. The normalized spacial score (nSPS) is 10.8. The van der Waals surface area contributed by atoms with Crippen molar-refractivity contribution in [3.63, 3.8) is 0 Å². The summed E-state index contributed by atoms with van der Waals surface area (Å²) < 4.78 is 48.1. The van der Waals surface area contributed by atoms with Crippen LogP contribution in [0.25, 0.3) is 0 Å². The van der Waals surface area contributed by atoms with Crippen LogP contribution in [0.5, 0.6) is 11.5 Å². The number of methoxy groups -OCH3 is 2. The van der Waals surface area contributed by atoms with Crippen molar-refractivity contribution in [1.29, 1.82) is 0 Å². The number of hydrogen-bond acceptors (Lipinski definition) is 4. The number of rotatable bonds is 4. The molecule has 2 rings (SSSR count). The van der Waals surface area contributed by atoms with E-state index in [4.69, 9.17) is 9.47 Å². The maximum atomic E-state index is 12.7. The second-order valence-corrected chi connectivity index (χ2v) is 5.09. The molecule has 0 heterocycles. The van der Waals surface area contributed by atoms with Gasteiger partial charge in [0.1, 0.15) is 11.5 Å². The first-order valence-corrected chi connectivity index (χ1v) is 7.25. The Morgan fingerprint density at radius 2 is 1.38 bits per heavy atom. The van der Waals surface area contributed by atoms with Crippen molar-refractivity contribution in [2.45, 2.75) is 6.18 Å². The van der Waals surface area contributed by atoms with Crippen molar-refractivity contribution in [1.82, 2.24) is 10.9 Å². The standard InChI is InChI=1S/C17H15F3N2O4/c1-25-13-7-11(8-14(9-13)26-2)16(24)22-21-15(23)10-4-3-5-12(6-10)17(18,19)20/h3-9H,1-2H3,(H,21,23)(H,22,24). The van der Waals surface area contributed by atoms with Gasteiger partial charge in [0.2, 0.25) is 0 Å². The maximum Gasteiger partial charge on any atom is 0.416 e. The van der Waals surface area contributed by atoms with E-state index in [2.05, 4.69) is 10.9 Å². The van der Waals surface area contributed by atoms with E-state index in [-0.39, 0.29) is 11.1 Å². The van der Waals surface area contributed by atoms with Gasteiger partial charge in [0.25, 0.3) is 11.8 Å². The van der Waals surface area contributed by atoms with Gasteiger partial charge in [-0.05, 0) is 30.3 Å². The predicted octanol–water partition coefficient (Wildman–Crippen LogP) is 2.80. The lowest BCUT2D eigenvalue weighted by Gasteiger charge is -2.11. The summed E-state index contributed by atoms with van der Waals surface area (Å²) >= 11 is 0. The summed E-state index contributed by atoms with van der Waals surface area (Å²) in [5.41, 5.74) is 3.11. The van der Waals surface area contributed by atoms with Crippen molar-refractivity contribution >= 4 is 11.8 Å². The van der Waals surface area contributed by atoms with Gasteiger partial charge in [-0.2, -0.15) is 13.2 Å². The van der Waals surface area contributed by atoms with Crippen LogP contribution in [0.2, 0.25) is 0 Å². The number of amides is 2. The molecule has 0 bridgehead atoms. The van der Waals surface area contributed by atoms with Gasteiger partial charge in [-0.25, -0.2) is 0 Å². The number of alkyl halides is 3. The summed E-state index contributed by atoms with van der Waals surface area (Å²) in [5.74, 6) is -0.862. The molecule has 0 aliphatic carbocycles. The minimum Gasteiger partial charge on any atom is -0.497 e. The second-order valence-electron chi connectivity index (χ2n) is 5.09. The molecule has 2 amide bonds. The lowest BCUT2D eigenvalue weighted by atomic mass is 10.1. The average Bonchev–Trinajstić information content (AvgIpc) is 2.64. The van der Waals surface area contributed by atoms with Gasteiger partial charge in [0.15, 0.2) is 0 Å². The van der Waals surface area contributed by atoms with Crippen molar-refractivity contribution < 1.29 is 32.2 Å². The summed E-state index contributed by atoms with van der Waals surface area (Å²) in [6.07, 6.45) is -4.57. The Bertz CT molecular complexity index is 800. The molecule has 0 aliphatic heterocycles. The van der Waals surface area contributed by atoms with E-state index < -0.39 is 23.6 Å². The largest absolute Gasteiger partial charge is 0.497 e. The zero-order valence-electron chi connectivity index (χ0n) is 13.8. The first kappa shape index (κ1) is 19.1. The molecule has 0 spiro atoms. The predicted molar refractivity (Wildman–Crippen MR) is 85.9 cm³/mol. The van der Waals surface area contributed by atoms with E-state index in [0.717, 1.165) is 12.1 Å². The minimum absolute atomic E-state index is 0.130. The van der Waals surface area contributed by atoms with Gasteiger partial charge >= 0.3 is 6.18 Å². The van der Waals surface area contributed by atoms with Crippen LogP contribution < -0.4 is 20.3 Å². The molecule has 0 radical (unpaired) electrons. The highest BCUT2D eigenvalue weighted by molar-refractivity contribution is 5.99. The molecule has 2 aromatic rings. The second kappa shape index (κ2) is 7.77. The van der Waals surface area contributed by atoms with Crippen LogP contribution in [-0.4, -0.2) is 26.0 Å². The number of halogens is 3. The van der Waals surface area contributed by atoms with Gasteiger partial charge in [-0.15, -0.1) is 0 Å². The van der Waals surface area contributed by atoms with E-state index in [0.29, 0.717) is 17.6 Å². The minimum atomic E-state index is -4.57. The van der Waals surface area contributed by atoms with Crippen molar-refractivity contribution in [2.75, 3.05) is 14.2 Å². The summed E-state index contributed by atoms with van der Waals surface area (Å²) in [6, 6.07) is 8.21. The molecule has 0 saturated heterocycles. The van der Waals surface area contributed by atoms with Gasteiger partial charge in [0.05, 0.1) is 19.8 Å². The Morgan fingerprint density at radius 3 is 1.88 bits per heavy atom. The van der Waals surface area contributed by atoms with Crippen LogP contribution in [0, 0.1) is 0 Å². The Labute approximate surface area is 146 Å². The fraction of sp³-hybridized carbons (Fsp3) is 0.176. The van der Waals surface area contributed by atoms with Crippen LogP contribution in [-0.2, 0) is 6.18 Å². The molecule has 2 aromatic carbocycles. The molecule has 0 atom stereocenters. The van der Waals surface area contributed by atoms with Crippen LogP contribution in [0.15, 0.2) is 42.5 Å². The third-order valence-corrected chi connectivity index (χ3v) is 3.36. The maximum absolute atomic E-state index is 12.7. The fourth-order valence-corrected chi connectivity index (χ4v) is 2.03. The highest BCUT2D eigenvalue weighted by Gasteiger charge is 2.30. The van der Waals surface area contributed by atoms with Crippen LogP contribution >= 0.6 is 0 Å². The Balaban J connectivity index is 2.09. The van der Waals surface area contributed by atoms with E-state index in [9.17, 15) is 22.8 Å². The van der Waals surface area contributed by atoms with Crippen molar-refractivity contribution in [3.8, 4) is 11.5 Å². The summed E-state index contributed by atoms with van der Waals surface area (Å²) in [7, 11) is 2.82. The number of carbonyl (C=O) groups excluding carboxylic acids is 2. The molecule has 0 aliphatic rings. The number of ether oxygens (including phenoxy) is 2. The van der Waals surface area contributed by atoms with Gasteiger partial charge in [0, 0.05) is 17.2 Å². The summed E-state index contributed by atoms with van der Waals surface area (Å²) in [6.45, 7) is 0. The number of benzene rings is 2. The smallest absolute Gasteiger partial charge is 0.416 e. The molecule has 0 unspecified atom stereocenters. The number of carbonyl (C=O) groups is 2. The Hall–Kier alpha value is -3.23.